The number of ether oxygens (including phenoxy) is 1. The lowest BCUT2D eigenvalue weighted by Gasteiger charge is -2.24. The van der Waals surface area contributed by atoms with Crippen LogP contribution in [0.25, 0.3) is 11.1 Å². The number of sulfone groups is 1. The summed E-state index contributed by atoms with van der Waals surface area (Å²) in [6.07, 6.45) is -1.41. The number of alkyl halides is 3. The number of rotatable bonds is 6. The molecule has 0 saturated heterocycles. The minimum Gasteiger partial charge on any atom is -0.496 e. The van der Waals surface area contributed by atoms with Gasteiger partial charge in [-0.25, -0.2) is 8.42 Å². The van der Waals surface area contributed by atoms with Gasteiger partial charge < -0.3 is 4.74 Å². The first-order valence-corrected chi connectivity index (χ1v) is 11.5. The lowest BCUT2D eigenvalue weighted by Crippen LogP contribution is -2.32. The van der Waals surface area contributed by atoms with E-state index >= 15 is 0 Å². The Morgan fingerprint density at radius 3 is 2.47 bits per heavy atom. The summed E-state index contributed by atoms with van der Waals surface area (Å²) in [5.41, 5.74) is -0.714. The number of benzene rings is 2. The molecule has 0 aliphatic carbocycles. The Bertz CT molecular complexity index is 1380. The molecule has 2 aromatic carbocycles. The zero-order valence-corrected chi connectivity index (χ0v) is 18.8. The molecule has 0 unspecified atom stereocenters. The fourth-order valence-electron chi connectivity index (χ4n) is 3.29. The molecule has 34 heavy (non-hydrogen) atoms. The molecule has 7 nitrogen and oxygen atoms in total. The van der Waals surface area contributed by atoms with Crippen LogP contribution < -0.4 is 9.64 Å². The highest BCUT2D eigenvalue weighted by molar-refractivity contribution is 7.90. The molecule has 0 atom stereocenters. The number of methoxy groups -OCH3 is 1. The Morgan fingerprint density at radius 1 is 1.15 bits per heavy atom. The molecular weight excluding hydrogens is 471 g/mol. The molecule has 0 aliphatic heterocycles. The quantitative estimate of drug-likeness (QED) is 0.478. The number of aromatic nitrogens is 1. The third kappa shape index (κ3) is 5.18. The monoisotopic (exact) mass is 489 g/mol. The molecule has 1 heterocycles. The van der Waals surface area contributed by atoms with Crippen molar-refractivity contribution < 1.29 is 31.1 Å². The average Bonchev–Trinajstić information content (AvgIpc) is 2.80. The van der Waals surface area contributed by atoms with E-state index in [2.05, 4.69) is 4.98 Å². The van der Waals surface area contributed by atoms with Crippen LogP contribution in [0.15, 0.2) is 65.8 Å². The number of para-hydroxylation sites is 1. The molecule has 0 aliphatic rings. The van der Waals surface area contributed by atoms with Gasteiger partial charge >= 0.3 is 6.18 Å². The summed E-state index contributed by atoms with van der Waals surface area (Å²) in [5.74, 6) is -0.542. The molecule has 0 N–H and O–H groups in total. The largest absolute Gasteiger partial charge is 0.496 e. The molecule has 176 valence electrons. The first-order valence-electron chi connectivity index (χ1n) is 9.66. The minimum absolute atomic E-state index is 0.136. The van der Waals surface area contributed by atoms with E-state index in [4.69, 9.17) is 4.74 Å². The topological polar surface area (TPSA) is 100 Å². The van der Waals surface area contributed by atoms with Crippen LogP contribution in [0.3, 0.4) is 0 Å². The van der Waals surface area contributed by atoms with Gasteiger partial charge in [0.2, 0.25) is 0 Å². The Balaban J connectivity index is 2.22. The maximum atomic E-state index is 13.4. The van der Waals surface area contributed by atoms with Gasteiger partial charge in [0.25, 0.3) is 5.91 Å². The number of halogens is 3. The number of nitriles is 1. The van der Waals surface area contributed by atoms with Gasteiger partial charge in [-0.15, -0.1) is 0 Å². The molecule has 1 amide bonds. The van der Waals surface area contributed by atoms with Crippen molar-refractivity contribution in [1.29, 1.82) is 5.26 Å². The molecular formula is C23H18F3N3O4S. The SMILES string of the molecule is COc1ccccc1-c1ccncc1N(CC#N)C(=O)c1cc(C(F)(F)F)cc(S(C)(=O)=O)c1. The van der Waals surface area contributed by atoms with Crippen molar-refractivity contribution in [2.75, 3.05) is 24.8 Å². The lowest BCUT2D eigenvalue weighted by molar-refractivity contribution is -0.137. The summed E-state index contributed by atoms with van der Waals surface area (Å²) in [4.78, 5) is 17.7. The first-order chi connectivity index (χ1) is 16.0. The van der Waals surface area contributed by atoms with Gasteiger partial charge in [0.05, 0.1) is 35.5 Å². The fraction of sp³-hybridized carbons (Fsp3) is 0.174. The van der Waals surface area contributed by atoms with Gasteiger partial charge in [0.15, 0.2) is 9.84 Å². The van der Waals surface area contributed by atoms with Gasteiger partial charge in [-0.05, 0) is 30.3 Å². The molecule has 0 bridgehead atoms. The van der Waals surface area contributed by atoms with Gasteiger partial charge in [0.1, 0.15) is 12.3 Å². The van der Waals surface area contributed by atoms with Crippen molar-refractivity contribution in [3.63, 3.8) is 0 Å². The van der Waals surface area contributed by atoms with E-state index in [1.807, 2.05) is 6.07 Å². The molecule has 3 aromatic rings. The third-order valence-electron chi connectivity index (χ3n) is 4.87. The van der Waals surface area contributed by atoms with Crippen LogP contribution >= 0.6 is 0 Å². The summed E-state index contributed by atoms with van der Waals surface area (Å²) < 4.78 is 69.7. The van der Waals surface area contributed by atoms with Crippen molar-refractivity contribution in [1.82, 2.24) is 4.98 Å². The van der Waals surface area contributed by atoms with Crippen LogP contribution in [0.2, 0.25) is 0 Å². The number of hydrogen-bond donors (Lipinski definition) is 0. The van der Waals surface area contributed by atoms with Crippen molar-refractivity contribution in [3.8, 4) is 22.9 Å². The van der Waals surface area contributed by atoms with Crippen LogP contribution in [0.1, 0.15) is 15.9 Å². The Kier molecular flexibility index (Phi) is 6.93. The summed E-state index contributed by atoms with van der Waals surface area (Å²) in [6.45, 7) is -0.531. The number of anilines is 1. The van der Waals surface area contributed by atoms with Crippen molar-refractivity contribution >= 4 is 21.4 Å². The first kappa shape index (κ1) is 24.7. The average molecular weight is 489 g/mol. The van der Waals surface area contributed by atoms with Crippen molar-refractivity contribution in [2.24, 2.45) is 0 Å². The summed E-state index contributed by atoms with van der Waals surface area (Å²) in [5, 5.41) is 9.36. The van der Waals surface area contributed by atoms with Crippen molar-refractivity contribution in [2.45, 2.75) is 11.1 Å². The predicted octanol–water partition coefficient (Wildman–Crippen LogP) is 4.35. The molecule has 11 heteroatoms. The highest BCUT2D eigenvalue weighted by Crippen LogP contribution is 2.37. The Labute approximate surface area is 194 Å². The van der Waals surface area contributed by atoms with Gasteiger partial charge in [-0.1, -0.05) is 18.2 Å². The third-order valence-corrected chi connectivity index (χ3v) is 5.96. The van der Waals surface area contributed by atoms with E-state index in [1.54, 1.807) is 30.3 Å². The molecule has 0 radical (unpaired) electrons. The van der Waals surface area contributed by atoms with Crippen LogP contribution in [0, 0.1) is 11.3 Å². The molecule has 1 aromatic heterocycles. The summed E-state index contributed by atoms with van der Waals surface area (Å²) in [6, 6.07) is 12.1. The summed E-state index contributed by atoms with van der Waals surface area (Å²) in [7, 11) is -2.62. The van der Waals surface area contributed by atoms with Crippen LogP contribution in [-0.4, -0.2) is 39.2 Å². The Morgan fingerprint density at radius 2 is 1.85 bits per heavy atom. The number of amides is 1. The number of carbonyl (C=O) groups excluding carboxylic acids is 1. The van der Waals surface area contributed by atoms with Crippen LogP contribution in [-0.2, 0) is 16.0 Å². The molecule has 0 fully saturated rings. The van der Waals surface area contributed by atoms with E-state index in [0.717, 1.165) is 17.2 Å². The van der Waals surface area contributed by atoms with E-state index in [1.165, 1.54) is 19.5 Å². The molecule has 3 rings (SSSR count). The standard InChI is InChI=1S/C23H18F3N3O4S/c1-33-21-6-4-3-5-19(21)18-7-9-28-14-20(18)29(10-8-27)22(30)15-11-16(23(24,25)26)13-17(12-15)34(2,31)32/h3-7,9,11-14H,10H2,1-2H3. The van der Waals surface area contributed by atoms with E-state index < -0.39 is 44.5 Å². The van der Waals surface area contributed by atoms with Crippen LogP contribution in [0.4, 0.5) is 18.9 Å². The highest BCUT2D eigenvalue weighted by atomic mass is 32.2. The number of pyridine rings is 1. The predicted molar refractivity (Wildman–Crippen MR) is 118 cm³/mol. The second-order valence-electron chi connectivity index (χ2n) is 7.16. The van der Waals surface area contributed by atoms with E-state index in [9.17, 15) is 31.6 Å². The second-order valence-corrected chi connectivity index (χ2v) is 9.17. The lowest BCUT2D eigenvalue weighted by atomic mass is 10.0. The minimum atomic E-state index is -4.90. The fourth-order valence-corrected chi connectivity index (χ4v) is 3.97. The van der Waals surface area contributed by atoms with Gasteiger partial charge in [-0.2, -0.15) is 18.4 Å². The smallest absolute Gasteiger partial charge is 0.416 e. The molecule has 0 saturated carbocycles. The zero-order valence-electron chi connectivity index (χ0n) is 18.0. The number of hydrogen-bond acceptors (Lipinski definition) is 6. The summed E-state index contributed by atoms with van der Waals surface area (Å²) >= 11 is 0. The number of nitrogens with zero attached hydrogens (tertiary/aromatic N) is 3. The van der Waals surface area contributed by atoms with Gasteiger partial charge in [0, 0.05) is 29.1 Å². The number of carbonyl (C=O) groups is 1. The maximum Gasteiger partial charge on any atom is 0.416 e. The second kappa shape index (κ2) is 9.52. The zero-order chi connectivity index (χ0) is 25.1. The highest BCUT2D eigenvalue weighted by Gasteiger charge is 2.34. The van der Waals surface area contributed by atoms with E-state index in [0.29, 0.717) is 29.0 Å². The van der Waals surface area contributed by atoms with Crippen molar-refractivity contribution in [3.05, 3.63) is 72.1 Å². The normalized spacial score (nSPS) is 11.5. The Hall–Kier alpha value is -3.91. The maximum absolute atomic E-state index is 13.4. The molecule has 0 spiro atoms. The van der Waals surface area contributed by atoms with Crippen LogP contribution in [0.5, 0.6) is 5.75 Å². The van der Waals surface area contributed by atoms with Gasteiger partial charge in [-0.3, -0.25) is 14.7 Å². The van der Waals surface area contributed by atoms with E-state index in [-0.39, 0.29) is 5.69 Å².